The van der Waals surface area contributed by atoms with Crippen molar-refractivity contribution in [2.45, 2.75) is 33.9 Å². The summed E-state index contributed by atoms with van der Waals surface area (Å²) < 4.78 is 7.00. The fraction of sp³-hybridized carbons (Fsp3) is 0.700. The molecule has 1 aromatic rings. The van der Waals surface area contributed by atoms with Gasteiger partial charge in [0.15, 0.2) is 0 Å². The van der Waals surface area contributed by atoms with E-state index in [1.165, 1.54) is 0 Å². The van der Waals surface area contributed by atoms with Crippen molar-refractivity contribution in [3.8, 4) is 0 Å². The lowest BCUT2D eigenvalue weighted by Crippen LogP contribution is -2.29. The van der Waals surface area contributed by atoms with E-state index in [-0.39, 0.29) is 13.2 Å². The number of aromatic nitrogens is 3. The van der Waals surface area contributed by atoms with Gasteiger partial charge in [0.2, 0.25) is 0 Å². The topological polar surface area (TPSA) is 77.2 Å². The molecule has 6 heteroatoms. The summed E-state index contributed by atoms with van der Waals surface area (Å²) in [5.74, 6) is -0.871. The Morgan fingerprint density at radius 1 is 1.62 bits per heavy atom. The fourth-order valence-electron chi connectivity index (χ4n) is 1.03. The van der Waals surface area contributed by atoms with Gasteiger partial charge in [-0.25, -0.2) is 0 Å². The predicted molar refractivity (Wildman–Crippen MR) is 56.8 cm³/mol. The maximum Gasteiger partial charge on any atom is 0.311 e. The summed E-state index contributed by atoms with van der Waals surface area (Å²) in [5.41, 5.74) is -0.163. The molecule has 0 aliphatic heterocycles. The first-order valence-electron chi connectivity index (χ1n) is 5.16. The van der Waals surface area contributed by atoms with Crippen LogP contribution in [0.25, 0.3) is 0 Å². The number of carboxylic acid groups (broad SMARTS) is 1. The van der Waals surface area contributed by atoms with E-state index in [0.717, 1.165) is 6.54 Å². The largest absolute Gasteiger partial charge is 0.481 e. The molecule has 0 atom stereocenters. The summed E-state index contributed by atoms with van der Waals surface area (Å²) >= 11 is 0. The highest BCUT2D eigenvalue weighted by atomic mass is 16.5. The van der Waals surface area contributed by atoms with Gasteiger partial charge in [0.25, 0.3) is 0 Å². The van der Waals surface area contributed by atoms with Crippen LogP contribution in [0, 0.1) is 5.41 Å². The van der Waals surface area contributed by atoms with E-state index in [4.69, 9.17) is 9.84 Å². The van der Waals surface area contributed by atoms with Crippen LogP contribution in [-0.2, 0) is 22.7 Å². The number of ether oxygens (including phenoxy) is 1. The zero-order chi connectivity index (χ0) is 12.2. The molecule has 0 fully saturated rings. The number of aryl methyl sites for hydroxylation is 1. The molecule has 16 heavy (non-hydrogen) atoms. The number of rotatable bonds is 6. The van der Waals surface area contributed by atoms with Crippen molar-refractivity contribution in [2.75, 3.05) is 6.61 Å². The van der Waals surface area contributed by atoms with Gasteiger partial charge < -0.3 is 9.84 Å². The van der Waals surface area contributed by atoms with Crippen LogP contribution in [0.15, 0.2) is 6.20 Å². The van der Waals surface area contributed by atoms with Gasteiger partial charge in [-0.1, -0.05) is 5.21 Å². The summed E-state index contributed by atoms with van der Waals surface area (Å²) in [7, 11) is 0. The highest BCUT2D eigenvalue weighted by Gasteiger charge is 2.27. The van der Waals surface area contributed by atoms with Crippen LogP contribution in [0.5, 0.6) is 0 Å². The monoisotopic (exact) mass is 227 g/mol. The van der Waals surface area contributed by atoms with Gasteiger partial charge in [-0.05, 0) is 20.8 Å². The maximum atomic E-state index is 10.8. The smallest absolute Gasteiger partial charge is 0.311 e. The van der Waals surface area contributed by atoms with E-state index in [1.54, 1.807) is 24.7 Å². The number of carboxylic acids is 1. The molecule has 0 amide bonds. The number of aliphatic carboxylic acids is 1. The highest BCUT2D eigenvalue weighted by Crippen LogP contribution is 2.15. The van der Waals surface area contributed by atoms with Gasteiger partial charge in [-0.3, -0.25) is 9.48 Å². The molecule has 0 spiro atoms. The molecule has 1 N–H and O–H groups in total. The Kier molecular flexibility index (Phi) is 4.00. The number of carbonyl (C=O) groups is 1. The molecule has 1 aromatic heterocycles. The average Bonchev–Trinajstić information content (AvgIpc) is 2.65. The third-order valence-corrected chi connectivity index (χ3v) is 2.20. The van der Waals surface area contributed by atoms with Gasteiger partial charge in [-0.2, -0.15) is 0 Å². The highest BCUT2D eigenvalue weighted by molar-refractivity contribution is 5.73. The van der Waals surface area contributed by atoms with Gasteiger partial charge in [0.05, 0.1) is 24.8 Å². The first-order valence-corrected chi connectivity index (χ1v) is 5.16. The van der Waals surface area contributed by atoms with Gasteiger partial charge in [-0.15, -0.1) is 5.10 Å². The van der Waals surface area contributed by atoms with Crippen LogP contribution in [0.2, 0.25) is 0 Å². The van der Waals surface area contributed by atoms with Crippen molar-refractivity contribution in [3.63, 3.8) is 0 Å². The van der Waals surface area contributed by atoms with Gasteiger partial charge >= 0.3 is 5.97 Å². The molecule has 1 heterocycles. The molecule has 1 rings (SSSR count). The van der Waals surface area contributed by atoms with Crippen LogP contribution in [-0.4, -0.2) is 32.7 Å². The Hall–Kier alpha value is -1.43. The van der Waals surface area contributed by atoms with Gasteiger partial charge in [0.1, 0.15) is 5.69 Å². The lowest BCUT2D eigenvalue weighted by Gasteiger charge is -2.18. The average molecular weight is 227 g/mol. The van der Waals surface area contributed by atoms with E-state index >= 15 is 0 Å². The first kappa shape index (κ1) is 12.6. The van der Waals surface area contributed by atoms with E-state index in [0.29, 0.717) is 5.69 Å². The Morgan fingerprint density at radius 3 is 2.81 bits per heavy atom. The van der Waals surface area contributed by atoms with E-state index in [1.807, 2.05) is 6.92 Å². The molecule has 0 saturated carbocycles. The van der Waals surface area contributed by atoms with Crippen molar-refractivity contribution in [1.82, 2.24) is 15.0 Å². The molecule has 6 nitrogen and oxygen atoms in total. The third kappa shape index (κ3) is 3.30. The molecule has 0 unspecified atom stereocenters. The lowest BCUT2D eigenvalue weighted by molar-refractivity contribution is -0.150. The molecule has 90 valence electrons. The van der Waals surface area contributed by atoms with E-state index < -0.39 is 11.4 Å². The molecule has 0 aliphatic carbocycles. The van der Waals surface area contributed by atoms with Crippen LogP contribution in [0.4, 0.5) is 0 Å². The standard InChI is InChI=1S/C10H17N3O3/c1-4-13-5-8(11-12-13)6-16-7-10(2,3)9(14)15/h5H,4,6-7H2,1-3H3,(H,14,15). The van der Waals surface area contributed by atoms with Crippen molar-refractivity contribution >= 4 is 5.97 Å². The van der Waals surface area contributed by atoms with Gasteiger partial charge in [0, 0.05) is 6.54 Å². The predicted octanol–water partition coefficient (Wildman–Crippen LogP) is 0.925. The summed E-state index contributed by atoms with van der Waals surface area (Å²) in [4.78, 5) is 10.8. The Balaban J connectivity index is 2.38. The van der Waals surface area contributed by atoms with Crippen molar-refractivity contribution in [2.24, 2.45) is 5.41 Å². The second-order valence-electron chi connectivity index (χ2n) is 4.25. The molecule has 0 aromatic carbocycles. The summed E-state index contributed by atoms with van der Waals surface area (Å²) in [6.45, 7) is 6.41. The quantitative estimate of drug-likeness (QED) is 0.782. The van der Waals surface area contributed by atoms with Crippen LogP contribution >= 0.6 is 0 Å². The Labute approximate surface area is 94.2 Å². The third-order valence-electron chi connectivity index (χ3n) is 2.20. The number of hydrogen-bond donors (Lipinski definition) is 1. The molecule has 0 bridgehead atoms. The second kappa shape index (κ2) is 5.07. The molecule has 0 radical (unpaired) electrons. The zero-order valence-electron chi connectivity index (χ0n) is 9.80. The molecular weight excluding hydrogens is 210 g/mol. The summed E-state index contributed by atoms with van der Waals surface area (Å²) in [6.07, 6.45) is 1.79. The Morgan fingerprint density at radius 2 is 2.31 bits per heavy atom. The SMILES string of the molecule is CCn1cc(COCC(C)(C)C(=O)O)nn1. The molecular formula is C10H17N3O3. The normalized spacial score (nSPS) is 11.7. The summed E-state index contributed by atoms with van der Waals surface area (Å²) in [6, 6.07) is 0. The van der Waals surface area contributed by atoms with Crippen LogP contribution in [0.1, 0.15) is 26.5 Å². The zero-order valence-corrected chi connectivity index (χ0v) is 9.80. The van der Waals surface area contributed by atoms with Crippen LogP contribution in [0.3, 0.4) is 0 Å². The molecule has 0 saturated heterocycles. The number of hydrogen-bond acceptors (Lipinski definition) is 4. The van der Waals surface area contributed by atoms with Crippen molar-refractivity contribution in [3.05, 3.63) is 11.9 Å². The maximum absolute atomic E-state index is 10.8. The minimum absolute atomic E-state index is 0.154. The fourth-order valence-corrected chi connectivity index (χ4v) is 1.03. The van der Waals surface area contributed by atoms with Crippen molar-refractivity contribution in [1.29, 1.82) is 0 Å². The lowest BCUT2D eigenvalue weighted by atomic mass is 9.95. The van der Waals surface area contributed by atoms with E-state index in [9.17, 15) is 4.79 Å². The first-order chi connectivity index (χ1) is 7.45. The minimum atomic E-state index is -0.874. The van der Waals surface area contributed by atoms with Crippen LogP contribution < -0.4 is 0 Å². The summed E-state index contributed by atoms with van der Waals surface area (Å²) in [5, 5.41) is 16.6. The molecule has 0 aliphatic rings. The Bertz CT molecular complexity index is 360. The number of nitrogens with zero attached hydrogens (tertiary/aromatic N) is 3. The second-order valence-corrected chi connectivity index (χ2v) is 4.25. The van der Waals surface area contributed by atoms with E-state index in [2.05, 4.69) is 10.3 Å². The minimum Gasteiger partial charge on any atom is -0.481 e. The van der Waals surface area contributed by atoms with Crippen molar-refractivity contribution < 1.29 is 14.6 Å².